The fraction of sp³-hybridized carbons (Fsp3) is 0.214. The first kappa shape index (κ1) is 16.7. The molecule has 0 aliphatic carbocycles. The summed E-state index contributed by atoms with van der Waals surface area (Å²) >= 11 is 12.4. The van der Waals surface area contributed by atoms with Crippen LogP contribution in [0.4, 0.5) is 5.69 Å². The highest BCUT2D eigenvalue weighted by Gasteiger charge is 2.10. The number of aromatic nitrogens is 1. The van der Waals surface area contributed by atoms with Gasteiger partial charge in [0.1, 0.15) is 4.88 Å². The molecule has 0 radical (unpaired) electrons. The number of aliphatic imine (C=N–C) groups is 1. The zero-order valence-corrected chi connectivity index (χ0v) is 14.0. The Bertz CT molecular complexity index is 796. The van der Waals surface area contributed by atoms with Crippen molar-refractivity contribution >= 4 is 53.0 Å². The number of rotatable bonds is 5. The zero-order chi connectivity index (χ0) is 16.3. The van der Waals surface area contributed by atoms with Gasteiger partial charge in [0, 0.05) is 6.54 Å². The Morgan fingerprint density at radius 3 is 2.91 bits per heavy atom. The standard InChI is InChI=1S/C14H13ClN2O3S2/c1-2-5-17-12(18)11(22-14(17)21)7-16-10-6-8(13(19)20)3-4-9(10)15/h3-4,6-7,18H,2,5H2,1H3,(H,19,20). The molecular weight excluding hydrogens is 344 g/mol. The maximum atomic E-state index is 11.0. The number of hydrogen-bond acceptors (Lipinski definition) is 5. The van der Waals surface area contributed by atoms with Crippen LogP contribution in [0.3, 0.4) is 0 Å². The maximum Gasteiger partial charge on any atom is 0.335 e. The summed E-state index contributed by atoms with van der Waals surface area (Å²) in [5.41, 5.74) is 0.416. The van der Waals surface area contributed by atoms with Gasteiger partial charge in [0.05, 0.1) is 22.5 Å². The van der Waals surface area contributed by atoms with Gasteiger partial charge >= 0.3 is 5.97 Å². The second-order valence-corrected chi connectivity index (χ2v) is 6.52. The average Bonchev–Trinajstić information content (AvgIpc) is 2.74. The van der Waals surface area contributed by atoms with E-state index in [0.29, 0.717) is 26.1 Å². The summed E-state index contributed by atoms with van der Waals surface area (Å²) < 4.78 is 2.20. The van der Waals surface area contributed by atoms with E-state index in [1.165, 1.54) is 35.8 Å². The van der Waals surface area contributed by atoms with Crippen molar-refractivity contribution in [3.05, 3.63) is 37.6 Å². The fourth-order valence-electron chi connectivity index (χ4n) is 1.79. The van der Waals surface area contributed by atoms with Crippen molar-refractivity contribution in [2.24, 2.45) is 4.99 Å². The molecule has 0 amide bonds. The first-order valence-corrected chi connectivity index (χ1v) is 8.03. The number of thiazole rings is 1. The Morgan fingerprint density at radius 2 is 2.27 bits per heavy atom. The molecule has 1 aromatic carbocycles. The predicted octanol–water partition coefficient (Wildman–Crippen LogP) is 4.50. The van der Waals surface area contributed by atoms with Crippen LogP contribution >= 0.6 is 35.2 Å². The summed E-state index contributed by atoms with van der Waals surface area (Å²) in [5, 5.41) is 19.4. The van der Waals surface area contributed by atoms with Crippen molar-refractivity contribution in [2.75, 3.05) is 0 Å². The van der Waals surface area contributed by atoms with Gasteiger partial charge in [0.25, 0.3) is 0 Å². The van der Waals surface area contributed by atoms with E-state index in [4.69, 9.17) is 28.9 Å². The lowest BCUT2D eigenvalue weighted by atomic mass is 10.2. The van der Waals surface area contributed by atoms with E-state index in [9.17, 15) is 9.90 Å². The number of hydrogen-bond donors (Lipinski definition) is 2. The molecule has 0 fully saturated rings. The predicted molar refractivity (Wildman–Crippen MR) is 90.8 cm³/mol. The van der Waals surface area contributed by atoms with Crippen LogP contribution in [0.5, 0.6) is 5.88 Å². The highest BCUT2D eigenvalue weighted by molar-refractivity contribution is 7.73. The summed E-state index contributed by atoms with van der Waals surface area (Å²) in [6.07, 6.45) is 2.29. The molecule has 0 saturated heterocycles. The van der Waals surface area contributed by atoms with Gasteiger partial charge in [-0.3, -0.25) is 9.56 Å². The first-order chi connectivity index (χ1) is 10.4. The van der Waals surface area contributed by atoms with E-state index in [0.717, 1.165) is 6.42 Å². The molecule has 2 aromatic rings. The van der Waals surface area contributed by atoms with E-state index in [1.54, 1.807) is 4.57 Å². The molecule has 2 N–H and O–H groups in total. The van der Waals surface area contributed by atoms with Crippen LogP contribution < -0.4 is 0 Å². The van der Waals surface area contributed by atoms with Gasteiger partial charge in [0.15, 0.2) is 3.95 Å². The van der Waals surface area contributed by atoms with Gasteiger partial charge in [-0.1, -0.05) is 29.9 Å². The molecule has 0 spiro atoms. The molecule has 8 heteroatoms. The van der Waals surface area contributed by atoms with Crippen molar-refractivity contribution in [3.8, 4) is 5.88 Å². The van der Waals surface area contributed by atoms with E-state index in [-0.39, 0.29) is 11.4 Å². The van der Waals surface area contributed by atoms with Gasteiger partial charge in [-0.25, -0.2) is 4.79 Å². The van der Waals surface area contributed by atoms with Crippen LogP contribution in [0.1, 0.15) is 28.6 Å². The summed E-state index contributed by atoms with van der Waals surface area (Å²) in [7, 11) is 0. The largest absolute Gasteiger partial charge is 0.493 e. The first-order valence-electron chi connectivity index (χ1n) is 6.43. The number of carbonyl (C=O) groups is 1. The van der Waals surface area contributed by atoms with Crippen molar-refractivity contribution in [1.82, 2.24) is 4.57 Å². The lowest BCUT2D eigenvalue weighted by Gasteiger charge is -2.01. The molecule has 0 aliphatic rings. The minimum Gasteiger partial charge on any atom is -0.493 e. The van der Waals surface area contributed by atoms with E-state index in [1.807, 2.05) is 6.92 Å². The SMILES string of the molecule is CCCn1c(O)c(C=Nc2cc(C(=O)O)ccc2Cl)sc1=S. The summed E-state index contributed by atoms with van der Waals surface area (Å²) in [5.74, 6) is -0.994. The lowest BCUT2D eigenvalue weighted by Crippen LogP contribution is -1.95. The number of carboxylic acids is 1. The third kappa shape index (κ3) is 3.55. The maximum absolute atomic E-state index is 11.0. The molecule has 1 aromatic heterocycles. The van der Waals surface area contributed by atoms with Gasteiger partial charge in [-0.05, 0) is 36.8 Å². The second-order valence-electron chi connectivity index (χ2n) is 4.44. The monoisotopic (exact) mass is 356 g/mol. The highest BCUT2D eigenvalue weighted by Crippen LogP contribution is 2.28. The number of carboxylic acid groups (broad SMARTS) is 1. The summed E-state index contributed by atoms with van der Waals surface area (Å²) in [6, 6.07) is 4.26. The van der Waals surface area contributed by atoms with Gasteiger partial charge in [-0.2, -0.15) is 0 Å². The molecule has 5 nitrogen and oxygen atoms in total. The molecular formula is C14H13ClN2O3S2. The van der Waals surface area contributed by atoms with Crippen molar-refractivity contribution < 1.29 is 15.0 Å². The summed E-state index contributed by atoms with van der Waals surface area (Å²) in [6.45, 7) is 2.62. The average molecular weight is 357 g/mol. The normalized spacial score (nSPS) is 11.2. The smallest absolute Gasteiger partial charge is 0.335 e. The van der Waals surface area contributed by atoms with E-state index < -0.39 is 5.97 Å². The van der Waals surface area contributed by atoms with Gasteiger partial charge < -0.3 is 10.2 Å². The zero-order valence-electron chi connectivity index (χ0n) is 11.6. The van der Waals surface area contributed by atoms with Crippen LogP contribution in [0.25, 0.3) is 0 Å². The summed E-state index contributed by atoms with van der Waals surface area (Å²) in [4.78, 5) is 15.6. The van der Waals surface area contributed by atoms with Crippen molar-refractivity contribution in [2.45, 2.75) is 19.9 Å². The number of nitrogens with zero attached hydrogens (tertiary/aromatic N) is 2. The van der Waals surface area contributed by atoms with Crippen LogP contribution in [0, 0.1) is 3.95 Å². The molecule has 22 heavy (non-hydrogen) atoms. The Kier molecular flexibility index (Phi) is 5.33. The van der Waals surface area contributed by atoms with Crippen LogP contribution in [-0.2, 0) is 6.54 Å². The molecule has 1 heterocycles. The van der Waals surface area contributed by atoms with Crippen molar-refractivity contribution in [1.29, 1.82) is 0 Å². The third-order valence-electron chi connectivity index (χ3n) is 2.85. The van der Waals surface area contributed by atoms with Crippen LogP contribution in [-0.4, -0.2) is 27.0 Å². The quantitative estimate of drug-likeness (QED) is 0.611. The molecule has 2 rings (SSSR count). The number of benzene rings is 1. The Morgan fingerprint density at radius 1 is 1.55 bits per heavy atom. The van der Waals surface area contributed by atoms with Crippen molar-refractivity contribution in [3.63, 3.8) is 0 Å². The molecule has 0 unspecified atom stereocenters. The molecule has 0 bridgehead atoms. The Hall–Kier alpha value is -1.70. The van der Waals surface area contributed by atoms with Crippen LogP contribution in [0.2, 0.25) is 5.02 Å². The number of halogens is 1. The number of aromatic carboxylic acids is 1. The third-order valence-corrected chi connectivity index (χ3v) is 4.55. The highest BCUT2D eigenvalue weighted by atomic mass is 35.5. The fourth-order valence-corrected chi connectivity index (χ4v) is 3.19. The molecule has 0 aliphatic heterocycles. The minimum atomic E-state index is -1.05. The molecule has 116 valence electrons. The Balaban J connectivity index is 2.37. The van der Waals surface area contributed by atoms with Crippen LogP contribution in [0.15, 0.2) is 23.2 Å². The van der Waals surface area contributed by atoms with E-state index >= 15 is 0 Å². The van der Waals surface area contributed by atoms with Gasteiger partial charge in [0.2, 0.25) is 5.88 Å². The molecule has 0 atom stereocenters. The topological polar surface area (TPSA) is 74.8 Å². The molecule has 0 saturated carbocycles. The number of aromatic hydroxyl groups is 1. The van der Waals surface area contributed by atoms with E-state index in [2.05, 4.69) is 4.99 Å². The lowest BCUT2D eigenvalue weighted by molar-refractivity contribution is 0.0697. The minimum absolute atomic E-state index is 0.0612. The second kappa shape index (κ2) is 7.04. The Labute approximate surface area is 141 Å². The van der Waals surface area contributed by atoms with Gasteiger partial charge in [-0.15, -0.1) is 0 Å².